The highest BCUT2D eigenvalue weighted by atomic mass is 19.1. The Hall–Kier alpha value is -1.12. The number of pyridine rings is 1. The first-order valence-corrected chi connectivity index (χ1v) is 3.55. The van der Waals surface area contributed by atoms with E-state index in [1.165, 1.54) is 6.92 Å². The van der Waals surface area contributed by atoms with Gasteiger partial charge in [-0.1, -0.05) is 13.8 Å². The van der Waals surface area contributed by atoms with Crippen molar-refractivity contribution in [2.75, 3.05) is 0 Å². The van der Waals surface area contributed by atoms with Gasteiger partial charge in [-0.25, -0.2) is 4.39 Å². The molecular weight excluding hydrogens is 145 g/mol. The summed E-state index contributed by atoms with van der Waals surface area (Å²) in [6.45, 7) is 5.51. The summed E-state index contributed by atoms with van der Waals surface area (Å²) in [4.78, 5) is 12.7. The van der Waals surface area contributed by atoms with E-state index in [1.807, 2.05) is 13.8 Å². The summed E-state index contributed by atoms with van der Waals surface area (Å²) in [6.07, 6.45) is 0. The van der Waals surface area contributed by atoms with Crippen LogP contribution in [0.25, 0.3) is 0 Å². The average molecular weight is 157 g/mol. The van der Waals surface area contributed by atoms with Crippen LogP contribution < -0.4 is 5.56 Å². The van der Waals surface area contributed by atoms with Crippen LogP contribution in [-0.4, -0.2) is 4.98 Å². The number of nitrogens with one attached hydrogen (secondary N) is 1. The van der Waals surface area contributed by atoms with Crippen molar-refractivity contribution >= 4 is 0 Å². The lowest BCUT2D eigenvalue weighted by Crippen LogP contribution is -2.05. The third-order valence-electron chi connectivity index (χ3n) is 1.05. The van der Waals surface area contributed by atoms with E-state index >= 15 is 0 Å². The van der Waals surface area contributed by atoms with Gasteiger partial charge in [0.05, 0.1) is 5.69 Å². The second-order valence-electron chi connectivity index (χ2n) is 1.80. The number of hydrogen-bond donors (Lipinski definition) is 1. The molecule has 2 nitrogen and oxygen atoms in total. The van der Waals surface area contributed by atoms with Gasteiger partial charge in [0.15, 0.2) is 0 Å². The predicted octanol–water partition coefficient (Wildman–Crippen LogP) is 1.85. The van der Waals surface area contributed by atoms with Gasteiger partial charge >= 0.3 is 0 Å². The lowest BCUT2D eigenvalue weighted by Gasteiger charge is -1.90. The van der Waals surface area contributed by atoms with Crippen molar-refractivity contribution in [3.63, 3.8) is 0 Å². The van der Waals surface area contributed by atoms with E-state index in [0.29, 0.717) is 0 Å². The third kappa shape index (κ3) is 2.98. The van der Waals surface area contributed by atoms with E-state index in [-0.39, 0.29) is 17.1 Å². The van der Waals surface area contributed by atoms with Crippen LogP contribution in [0.3, 0.4) is 0 Å². The second kappa shape index (κ2) is 4.66. The van der Waals surface area contributed by atoms with Crippen LogP contribution in [0.15, 0.2) is 16.9 Å². The van der Waals surface area contributed by atoms with Crippen LogP contribution in [0.5, 0.6) is 0 Å². The third-order valence-corrected chi connectivity index (χ3v) is 1.05. The summed E-state index contributed by atoms with van der Waals surface area (Å²) < 4.78 is 12.3. The van der Waals surface area contributed by atoms with E-state index in [2.05, 4.69) is 4.98 Å². The molecule has 1 heterocycles. The van der Waals surface area contributed by atoms with Crippen molar-refractivity contribution in [1.82, 2.24) is 4.98 Å². The molecule has 0 aliphatic carbocycles. The number of aryl methyl sites for hydroxylation is 1. The quantitative estimate of drug-likeness (QED) is 0.612. The Morgan fingerprint density at radius 2 is 1.91 bits per heavy atom. The highest BCUT2D eigenvalue weighted by Crippen LogP contribution is 1.95. The molecule has 3 heteroatoms. The van der Waals surface area contributed by atoms with Gasteiger partial charge in [-0.05, 0) is 13.0 Å². The number of rotatable bonds is 0. The summed E-state index contributed by atoms with van der Waals surface area (Å²) in [6, 6.07) is 2.30. The highest BCUT2D eigenvalue weighted by molar-refractivity contribution is 5.04. The second-order valence-corrected chi connectivity index (χ2v) is 1.80. The van der Waals surface area contributed by atoms with Crippen LogP contribution in [0.2, 0.25) is 0 Å². The van der Waals surface area contributed by atoms with Gasteiger partial charge in [-0.3, -0.25) is 4.79 Å². The van der Waals surface area contributed by atoms with Gasteiger partial charge in [-0.15, -0.1) is 0 Å². The van der Waals surface area contributed by atoms with E-state index in [9.17, 15) is 9.18 Å². The Labute approximate surface area is 65.1 Å². The highest BCUT2D eigenvalue weighted by Gasteiger charge is 1.93. The van der Waals surface area contributed by atoms with Gasteiger partial charge in [0.1, 0.15) is 5.82 Å². The van der Waals surface area contributed by atoms with Crippen molar-refractivity contribution in [3.05, 3.63) is 34.0 Å². The fourth-order valence-corrected chi connectivity index (χ4v) is 0.560. The Bertz CT molecular complexity index is 267. The first-order valence-electron chi connectivity index (χ1n) is 3.55. The van der Waals surface area contributed by atoms with Gasteiger partial charge in [-0.2, -0.15) is 0 Å². The fourth-order valence-electron chi connectivity index (χ4n) is 0.560. The Balaban J connectivity index is 0.000000461. The zero-order chi connectivity index (χ0) is 8.85. The maximum atomic E-state index is 12.3. The normalized spacial score (nSPS) is 8.36. The molecule has 1 N–H and O–H groups in total. The first kappa shape index (κ1) is 9.88. The van der Waals surface area contributed by atoms with Gasteiger partial charge < -0.3 is 4.98 Å². The van der Waals surface area contributed by atoms with Gasteiger partial charge in [0.2, 0.25) is 5.56 Å². The molecule has 0 spiro atoms. The molecule has 0 saturated carbocycles. The van der Waals surface area contributed by atoms with Gasteiger partial charge in [0.25, 0.3) is 0 Å². The van der Waals surface area contributed by atoms with E-state index in [4.69, 9.17) is 0 Å². The monoisotopic (exact) mass is 157 g/mol. The Kier molecular flexibility index (Phi) is 4.18. The molecule has 0 bridgehead atoms. The standard InChI is InChI=1S/C6H6FNO.C2H6/c1-4-5(7)2-3-6(9)8-4;1-2/h2-3H,1H3,(H,8,9);1-2H3. The topological polar surface area (TPSA) is 32.9 Å². The Morgan fingerprint density at radius 3 is 2.27 bits per heavy atom. The number of H-pyrrole nitrogens is 1. The maximum Gasteiger partial charge on any atom is 0.248 e. The molecule has 0 amide bonds. The van der Waals surface area contributed by atoms with Crippen LogP contribution in [0, 0.1) is 12.7 Å². The van der Waals surface area contributed by atoms with Crippen molar-refractivity contribution < 1.29 is 4.39 Å². The van der Waals surface area contributed by atoms with Crippen LogP contribution in [0.1, 0.15) is 19.5 Å². The number of hydrogen-bond acceptors (Lipinski definition) is 1. The smallest absolute Gasteiger partial charge is 0.248 e. The molecule has 0 aliphatic rings. The molecule has 62 valence electrons. The number of halogens is 1. The largest absolute Gasteiger partial charge is 0.324 e. The lowest BCUT2D eigenvalue weighted by molar-refractivity contribution is 0.608. The van der Waals surface area contributed by atoms with Crippen LogP contribution >= 0.6 is 0 Å². The van der Waals surface area contributed by atoms with Crippen molar-refractivity contribution in [3.8, 4) is 0 Å². The molecule has 0 aliphatic heterocycles. The minimum atomic E-state index is -0.380. The zero-order valence-electron chi connectivity index (χ0n) is 6.94. The van der Waals surface area contributed by atoms with Crippen molar-refractivity contribution in [1.29, 1.82) is 0 Å². The molecule has 0 saturated heterocycles. The summed E-state index contributed by atoms with van der Waals surface area (Å²) in [5, 5.41) is 0. The summed E-state index contributed by atoms with van der Waals surface area (Å²) in [7, 11) is 0. The summed E-state index contributed by atoms with van der Waals surface area (Å²) in [5.41, 5.74) is 0.0106. The van der Waals surface area contributed by atoms with E-state index in [0.717, 1.165) is 12.1 Å². The minimum absolute atomic E-state index is 0.270. The maximum absolute atomic E-state index is 12.3. The summed E-state index contributed by atoms with van der Waals surface area (Å²) in [5.74, 6) is -0.380. The number of aromatic nitrogens is 1. The molecule has 1 aromatic rings. The lowest BCUT2D eigenvalue weighted by atomic mass is 10.4. The van der Waals surface area contributed by atoms with E-state index < -0.39 is 0 Å². The predicted molar refractivity (Wildman–Crippen MR) is 43.1 cm³/mol. The molecule has 0 fully saturated rings. The van der Waals surface area contributed by atoms with Crippen LogP contribution in [-0.2, 0) is 0 Å². The van der Waals surface area contributed by atoms with Crippen molar-refractivity contribution in [2.24, 2.45) is 0 Å². The summed E-state index contributed by atoms with van der Waals surface area (Å²) >= 11 is 0. The molecule has 0 atom stereocenters. The SMILES string of the molecule is CC.Cc1[nH]c(=O)ccc1F. The minimum Gasteiger partial charge on any atom is -0.324 e. The zero-order valence-corrected chi connectivity index (χ0v) is 6.94. The molecule has 0 radical (unpaired) electrons. The van der Waals surface area contributed by atoms with Crippen molar-refractivity contribution in [2.45, 2.75) is 20.8 Å². The molecule has 1 rings (SSSR count). The molecule has 1 aromatic heterocycles. The van der Waals surface area contributed by atoms with E-state index in [1.54, 1.807) is 0 Å². The molecule has 0 aromatic carbocycles. The molecule has 0 unspecified atom stereocenters. The number of aromatic amines is 1. The molecular formula is C8H12FNO. The molecule has 11 heavy (non-hydrogen) atoms. The fraction of sp³-hybridized carbons (Fsp3) is 0.375. The van der Waals surface area contributed by atoms with Gasteiger partial charge in [0, 0.05) is 6.07 Å². The first-order chi connectivity index (χ1) is 5.20. The Morgan fingerprint density at radius 1 is 1.36 bits per heavy atom. The average Bonchev–Trinajstić information content (AvgIpc) is 2.02. The van der Waals surface area contributed by atoms with Crippen LogP contribution in [0.4, 0.5) is 4.39 Å².